The summed E-state index contributed by atoms with van der Waals surface area (Å²) < 4.78 is 5.10. The van der Waals surface area contributed by atoms with E-state index in [2.05, 4.69) is 5.32 Å². The number of carbonyl (C=O) groups is 2. The molecule has 0 bridgehead atoms. The van der Waals surface area contributed by atoms with Gasteiger partial charge >= 0.3 is 5.97 Å². The summed E-state index contributed by atoms with van der Waals surface area (Å²) >= 11 is 0. The molecule has 0 aromatic heterocycles. The SMILES string of the molecule is CCC(C)C(N)C(=O)Nc1cc(C(=O)O)ccc1OC. The third kappa shape index (κ3) is 3.71. The average molecular weight is 280 g/mol. The fraction of sp³-hybridized carbons (Fsp3) is 0.429. The number of anilines is 1. The van der Waals surface area contributed by atoms with Crippen LogP contribution in [0.4, 0.5) is 5.69 Å². The van der Waals surface area contributed by atoms with E-state index in [1.165, 1.54) is 25.3 Å². The van der Waals surface area contributed by atoms with E-state index in [1.54, 1.807) is 0 Å². The van der Waals surface area contributed by atoms with Gasteiger partial charge in [0, 0.05) is 0 Å². The molecule has 0 aliphatic rings. The molecule has 1 aromatic rings. The number of hydrogen-bond donors (Lipinski definition) is 3. The molecule has 0 saturated carbocycles. The number of ether oxygens (including phenoxy) is 1. The molecule has 0 radical (unpaired) electrons. The minimum absolute atomic E-state index is 0.0312. The van der Waals surface area contributed by atoms with Crippen molar-refractivity contribution in [3.8, 4) is 5.75 Å². The molecule has 0 aliphatic heterocycles. The number of aromatic carboxylic acids is 1. The quantitative estimate of drug-likeness (QED) is 0.736. The summed E-state index contributed by atoms with van der Waals surface area (Å²) in [5.41, 5.74) is 6.21. The minimum Gasteiger partial charge on any atom is -0.495 e. The van der Waals surface area contributed by atoms with Crippen molar-refractivity contribution >= 4 is 17.6 Å². The van der Waals surface area contributed by atoms with Gasteiger partial charge in [-0.2, -0.15) is 0 Å². The molecule has 0 spiro atoms. The van der Waals surface area contributed by atoms with Crippen molar-refractivity contribution < 1.29 is 19.4 Å². The number of nitrogens with two attached hydrogens (primary N) is 1. The molecule has 0 fully saturated rings. The molecule has 2 unspecified atom stereocenters. The van der Waals surface area contributed by atoms with Crippen molar-refractivity contribution in [1.29, 1.82) is 0 Å². The third-order valence-electron chi connectivity index (χ3n) is 3.26. The number of benzene rings is 1. The molecule has 6 nitrogen and oxygen atoms in total. The second-order valence-electron chi connectivity index (χ2n) is 4.62. The van der Waals surface area contributed by atoms with Crippen LogP contribution in [0.3, 0.4) is 0 Å². The summed E-state index contributed by atoms with van der Waals surface area (Å²) in [6, 6.07) is 3.60. The van der Waals surface area contributed by atoms with Gasteiger partial charge in [0.2, 0.25) is 5.91 Å². The Morgan fingerprint density at radius 2 is 2.10 bits per heavy atom. The largest absolute Gasteiger partial charge is 0.495 e. The topological polar surface area (TPSA) is 102 Å². The summed E-state index contributed by atoms with van der Waals surface area (Å²) in [5, 5.41) is 11.6. The maximum Gasteiger partial charge on any atom is 0.335 e. The lowest BCUT2D eigenvalue weighted by molar-refractivity contribution is -0.118. The van der Waals surface area contributed by atoms with Crippen LogP contribution in [0.25, 0.3) is 0 Å². The Bertz CT molecular complexity index is 502. The first-order valence-corrected chi connectivity index (χ1v) is 6.38. The first-order chi connectivity index (χ1) is 9.40. The summed E-state index contributed by atoms with van der Waals surface area (Å²) in [6.45, 7) is 3.83. The number of carboxylic acid groups (broad SMARTS) is 1. The van der Waals surface area contributed by atoms with Gasteiger partial charge in [-0.1, -0.05) is 20.3 Å². The lowest BCUT2D eigenvalue weighted by atomic mass is 9.99. The second kappa shape index (κ2) is 6.91. The van der Waals surface area contributed by atoms with Gasteiger partial charge in [-0.25, -0.2) is 4.79 Å². The average Bonchev–Trinajstić information content (AvgIpc) is 2.45. The van der Waals surface area contributed by atoms with Crippen molar-refractivity contribution in [3.63, 3.8) is 0 Å². The molecule has 6 heteroatoms. The van der Waals surface area contributed by atoms with Crippen molar-refractivity contribution in [2.24, 2.45) is 11.7 Å². The van der Waals surface area contributed by atoms with Crippen LogP contribution in [0.15, 0.2) is 18.2 Å². The predicted octanol–water partition coefficient (Wildman–Crippen LogP) is 1.71. The lowest BCUT2D eigenvalue weighted by Gasteiger charge is -2.19. The van der Waals surface area contributed by atoms with E-state index in [0.29, 0.717) is 11.4 Å². The van der Waals surface area contributed by atoms with Crippen LogP contribution in [0, 0.1) is 5.92 Å². The zero-order valence-corrected chi connectivity index (χ0v) is 11.8. The summed E-state index contributed by atoms with van der Waals surface area (Å²) in [6.07, 6.45) is 0.779. The first kappa shape index (κ1) is 16.0. The predicted molar refractivity (Wildman–Crippen MR) is 76.0 cm³/mol. The second-order valence-corrected chi connectivity index (χ2v) is 4.62. The van der Waals surface area contributed by atoms with E-state index in [9.17, 15) is 9.59 Å². The van der Waals surface area contributed by atoms with Gasteiger partial charge in [-0.15, -0.1) is 0 Å². The summed E-state index contributed by atoms with van der Waals surface area (Å²) in [4.78, 5) is 23.0. The Morgan fingerprint density at radius 1 is 1.45 bits per heavy atom. The van der Waals surface area contributed by atoms with Crippen molar-refractivity contribution in [3.05, 3.63) is 23.8 Å². The van der Waals surface area contributed by atoms with Crippen molar-refractivity contribution in [2.75, 3.05) is 12.4 Å². The van der Waals surface area contributed by atoms with Gasteiger partial charge in [0.05, 0.1) is 24.4 Å². The van der Waals surface area contributed by atoms with Crippen LogP contribution in [0.1, 0.15) is 30.6 Å². The minimum atomic E-state index is -1.07. The standard InChI is InChI=1S/C14H20N2O4/c1-4-8(2)12(15)13(17)16-10-7-9(14(18)19)5-6-11(10)20-3/h5-8,12H,4,15H2,1-3H3,(H,16,17)(H,18,19). The molecule has 2 atom stereocenters. The molecule has 1 aromatic carbocycles. The maximum absolute atomic E-state index is 12.0. The fourth-order valence-corrected chi connectivity index (χ4v) is 1.67. The summed E-state index contributed by atoms with van der Waals surface area (Å²) in [7, 11) is 1.44. The van der Waals surface area contributed by atoms with E-state index >= 15 is 0 Å². The Labute approximate surface area is 117 Å². The molecule has 0 saturated heterocycles. The van der Waals surface area contributed by atoms with Gasteiger partial charge in [0.25, 0.3) is 0 Å². The third-order valence-corrected chi connectivity index (χ3v) is 3.26. The Hall–Kier alpha value is -2.08. The number of methoxy groups -OCH3 is 1. The zero-order chi connectivity index (χ0) is 15.3. The molecule has 20 heavy (non-hydrogen) atoms. The highest BCUT2D eigenvalue weighted by Gasteiger charge is 2.21. The Morgan fingerprint density at radius 3 is 2.60 bits per heavy atom. The van der Waals surface area contributed by atoms with Crippen LogP contribution in [-0.4, -0.2) is 30.1 Å². The number of hydrogen-bond acceptors (Lipinski definition) is 4. The number of nitrogens with one attached hydrogen (secondary N) is 1. The number of carbonyl (C=O) groups excluding carboxylic acids is 1. The van der Waals surface area contributed by atoms with Crippen LogP contribution >= 0.6 is 0 Å². The normalized spacial score (nSPS) is 13.4. The number of carboxylic acids is 1. The van der Waals surface area contributed by atoms with Gasteiger partial charge in [0.15, 0.2) is 0 Å². The first-order valence-electron chi connectivity index (χ1n) is 6.38. The molecule has 1 rings (SSSR count). The molecular formula is C14H20N2O4. The van der Waals surface area contributed by atoms with E-state index in [-0.39, 0.29) is 17.4 Å². The Kier molecular flexibility index (Phi) is 5.52. The van der Waals surface area contributed by atoms with E-state index in [0.717, 1.165) is 6.42 Å². The fourth-order valence-electron chi connectivity index (χ4n) is 1.67. The van der Waals surface area contributed by atoms with E-state index in [4.69, 9.17) is 15.6 Å². The van der Waals surface area contributed by atoms with E-state index < -0.39 is 12.0 Å². The van der Waals surface area contributed by atoms with Crippen LogP contribution in [-0.2, 0) is 4.79 Å². The van der Waals surface area contributed by atoms with Gasteiger partial charge in [-0.05, 0) is 24.1 Å². The highest BCUT2D eigenvalue weighted by Crippen LogP contribution is 2.26. The van der Waals surface area contributed by atoms with Crippen molar-refractivity contribution in [1.82, 2.24) is 0 Å². The maximum atomic E-state index is 12.0. The summed E-state index contributed by atoms with van der Waals surface area (Å²) in [5.74, 6) is -1.02. The van der Waals surface area contributed by atoms with Crippen molar-refractivity contribution in [2.45, 2.75) is 26.3 Å². The zero-order valence-electron chi connectivity index (χ0n) is 11.8. The molecular weight excluding hydrogens is 260 g/mol. The Balaban J connectivity index is 2.98. The van der Waals surface area contributed by atoms with Gasteiger partial charge in [-0.3, -0.25) is 4.79 Å². The number of amides is 1. The molecule has 110 valence electrons. The van der Waals surface area contributed by atoms with Crippen LogP contribution in [0.5, 0.6) is 5.75 Å². The lowest BCUT2D eigenvalue weighted by Crippen LogP contribution is -2.40. The molecule has 0 aliphatic carbocycles. The van der Waals surface area contributed by atoms with Crippen LogP contribution in [0.2, 0.25) is 0 Å². The van der Waals surface area contributed by atoms with Gasteiger partial charge < -0.3 is 20.9 Å². The highest BCUT2D eigenvalue weighted by molar-refractivity contribution is 5.98. The van der Waals surface area contributed by atoms with Gasteiger partial charge in [0.1, 0.15) is 5.75 Å². The molecule has 0 heterocycles. The van der Waals surface area contributed by atoms with Crippen LogP contribution < -0.4 is 15.8 Å². The monoisotopic (exact) mass is 280 g/mol. The molecule has 4 N–H and O–H groups in total. The highest BCUT2D eigenvalue weighted by atomic mass is 16.5. The molecule has 1 amide bonds. The van der Waals surface area contributed by atoms with E-state index in [1.807, 2.05) is 13.8 Å². The smallest absolute Gasteiger partial charge is 0.335 e. The number of rotatable bonds is 6.